The van der Waals surface area contributed by atoms with Gasteiger partial charge < -0.3 is 15.1 Å². The Morgan fingerprint density at radius 1 is 1.04 bits per heavy atom. The van der Waals surface area contributed by atoms with E-state index in [1.807, 2.05) is 6.92 Å². The second-order valence-electron chi connectivity index (χ2n) is 6.68. The fourth-order valence-electron chi connectivity index (χ4n) is 3.06. The van der Waals surface area contributed by atoms with Crippen LogP contribution >= 0.6 is 0 Å². The summed E-state index contributed by atoms with van der Waals surface area (Å²) in [5, 5.41) is 49.4. The first-order valence-corrected chi connectivity index (χ1v) is 8.73. The van der Waals surface area contributed by atoms with E-state index in [4.69, 9.17) is 5.11 Å². The van der Waals surface area contributed by atoms with Crippen molar-refractivity contribution in [3.8, 4) is 5.75 Å². The van der Waals surface area contributed by atoms with Gasteiger partial charge in [0.2, 0.25) is 0 Å². The lowest BCUT2D eigenvalue weighted by Gasteiger charge is -2.31. The maximum atomic E-state index is 10.4. The molecule has 2 N–H and O–H groups in total. The standard InChI is InChI=1S/C10H21NO.C6H3N3O7/c1-9(12)8-11(2)10-6-4-3-5-7-10;10-6-4(8(13)14)1-3(7(11)12)2-5(6)9(15)16/h9-10,12H,3-8H2,1-2H3;1-2,10H. The number of non-ortho nitro benzene ring substituents is 1. The summed E-state index contributed by atoms with van der Waals surface area (Å²) in [6.45, 7) is 2.68. The first-order valence-electron chi connectivity index (χ1n) is 8.73. The van der Waals surface area contributed by atoms with Crippen LogP contribution in [0.1, 0.15) is 39.0 Å². The minimum Gasteiger partial charge on any atom is -0.497 e. The molecule has 1 unspecified atom stereocenters. The van der Waals surface area contributed by atoms with E-state index >= 15 is 0 Å². The monoisotopic (exact) mass is 400 g/mol. The van der Waals surface area contributed by atoms with Gasteiger partial charge in [-0.2, -0.15) is 0 Å². The summed E-state index contributed by atoms with van der Waals surface area (Å²) >= 11 is 0. The molecule has 0 spiro atoms. The van der Waals surface area contributed by atoms with Crippen molar-refractivity contribution in [2.45, 2.75) is 51.2 Å². The SMILES string of the molecule is CC(O)CN(C)C1CCCCC1.O=[N+]([O-])c1cc([N+](=O)[O-])c(O)c([N+](=O)[O-])c1. The smallest absolute Gasteiger partial charge is 0.324 e. The van der Waals surface area contributed by atoms with Crippen molar-refractivity contribution in [1.29, 1.82) is 0 Å². The van der Waals surface area contributed by atoms with Crippen LogP contribution in [0, 0.1) is 30.3 Å². The molecule has 28 heavy (non-hydrogen) atoms. The Balaban J connectivity index is 0.000000292. The van der Waals surface area contributed by atoms with E-state index in [-0.39, 0.29) is 6.10 Å². The molecule has 1 fully saturated rings. The summed E-state index contributed by atoms with van der Waals surface area (Å²) in [5.41, 5.74) is -3.00. The number of aliphatic hydroxyl groups is 1. The highest BCUT2D eigenvalue weighted by molar-refractivity contribution is 5.64. The third-order valence-electron chi connectivity index (χ3n) is 4.41. The van der Waals surface area contributed by atoms with Crippen LogP contribution in [0.2, 0.25) is 0 Å². The molecule has 0 radical (unpaired) electrons. The fourth-order valence-corrected chi connectivity index (χ4v) is 3.06. The van der Waals surface area contributed by atoms with Gasteiger partial charge in [0.05, 0.1) is 33.0 Å². The van der Waals surface area contributed by atoms with E-state index in [0.29, 0.717) is 12.1 Å². The Kier molecular flexibility index (Phi) is 8.67. The number of nitrogens with zero attached hydrogens (tertiary/aromatic N) is 4. The number of phenolic OH excluding ortho intramolecular Hbond substituents is 1. The highest BCUT2D eigenvalue weighted by Crippen LogP contribution is 2.38. The zero-order valence-electron chi connectivity index (χ0n) is 15.7. The Labute approximate surface area is 160 Å². The van der Waals surface area contributed by atoms with Gasteiger partial charge in [-0.15, -0.1) is 0 Å². The predicted octanol–water partition coefficient (Wildman–Crippen LogP) is 2.75. The van der Waals surface area contributed by atoms with E-state index in [1.54, 1.807) is 0 Å². The molecule has 0 bridgehead atoms. The van der Waals surface area contributed by atoms with E-state index < -0.39 is 37.6 Å². The number of benzene rings is 1. The average Bonchev–Trinajstić information content (AvgIpc) is 2.61. The lowest BCUT2D eigenvalue weighted by Crippen LogP contribution is -2.37. The zero-order valence-corrected chi connectivity index (χ0v) is 15.7. The number of hydrogen-bond donors (Lipinski definition) is 2. The average molecular weight is 400 g/mol. The van der Waals surface area contributed by atoms with Crippen LogP contribution in [0.5, 0.6) is 5.75 Å². The molecule has 1 atom stereocenters. The van der Waals surface area contributed by atoms with Crippen LogP contribution < -0.4 is 0 Å². The van der Waals surface area contributed by atoms with Crippen LogP contribution in [0.3, 0.4) is 0 Å². The van der Waals surface area contributed by atoms with E-state index in [0.717, 1.165) is 12.6 Å². The molecule has 2 rings (SSSR count). The van der Waals surface area contributed by atoms with Gasteiger partial charge in [0.25, 0.3) is 11.4 Å². The fraction of sp³-hybridized carbons (Fsp3) is 0.625. The van der Waals surface area contributed by atoms with Gasteiger partial charge in [0.1, 0.15) is 0 Å². The normalized spacial score (nSPS) is 15.4. The molecular formula is C16H24N4O8. The molecule has 1 saturated carbocycles. The Morgan fingerprint density at radius 2 is 1.50 bits per heavy atom. The van der Waals surface area contributed by atoms with Gasteiger partial charge in [0.15, 0.2) is 0 Å². The van der Waals surface area contributed by atoms with Gasteiger partial charge >= 0.3 is 11.4 Å². The van der Waals surface area contributed by atoms with Crippen LogP contribution in [-0.2, 0) is 0 Å². The van der Waals surface area contributed by atoms with Gasteiger partial charge in [-0.05, 0) is 26.8 Å². The Bertz CT molecular complexity index is 684. The van der Waals surface area contributed by atoms with Crippen molar-refractivity contribution in [2.24, 2.45) is 0 Å². The minimum absolute atomic E-state index is 0.183. The Morgan fingerprint density at radius 3 is 1.86 bits per heavy atom. The van der Waals surface area contributed by atoms with E-state index in [9.17, 15) is 35.4 Å². The van der Waals surface area contributed by atoms with E-state index in [1.165, 1.54) is 32.1 Å². The Hall–Kier alpha value is -2.86. The molecule has 1 aromatic carbocycles. The van der Waals surface area contributed by atoms with Gasteiger partial charge in [0, 0.05) is 12.6 Å². The van der Waals surface area contributed by atoms with Gasteiger partial charge in [-0.25, -0.2) is 0 Å². The maximum Gasteiger partial charge on any atom is 0.324 e. The number of aliphatic hydroxyl groups excluding tert-OH is 1. The number of phenols is 1. The summed E-state index contributed by atoms with van der Waals surface area (Å²) < 4.78 is 0. The highest BCUT2D eigenvalue weighted by atomic mass is 16.6. The third-order valence-corrected chi connectivity index (χ3v) is 4.41. The molecule has 1 aliphatic carbocycles. The molecule has 0 aliphatic heterocycles. The number of likely N-dealkylation sites (N-methyl/N-ethyl adjacent to an activating group) is 1. The molecule has 0 amide bonds. The van der Waals surface area contributed by atoms with Crippen LogP contribution in [0.25, 0.3) is 0 Å². The van der Waals surface area contributed by atoms with E-state index in [2.05, 4.69) is 11.9 Å². The van der Waals surface area contributed by atoms with Crippen LogP contribution in [0.4, 0.5) is 17.1 Å². The van der Waals surface area contributed by atoms with Gasteiger partial charge in [-0.3, -0.25) is 30.3 Å². The van der Waals surface area contributed by atoms with Crippen LogP contribution in [0.15, 0.2) is 12.1 Å². The number of nitro groups is 3. The second-order valence-corrected chi connectivity index (χ2v) is 6.68. The quantitative estimate of drug-likeness (QED) is 0.537. The maximum absolute atomic E-state index is 10.4. The largest absolute Gasteiger partial charge is 0.497 e. The molecule has 1 aromatic rings. The molecular weight excluding hydrogens is 376 g/mol. The van der Waals surface area contributed by atoms with Crippen molar-refractivity contribution < 1.29 is 25.0 Å². The van der Waals surface area contributed by atoms with Gasteiger partial charge in [-0.1, -0.05) is 19.3 Å². The van der Waals surface area contributed by atoms with Crippen molar-refractivity contribution in [3.05, 3.63) is 42.5 Å². The molecule has 12 heteroatoms. The molecule has 0 heterocycles. The van der Waals surface area contributed by atoms with Crippen molar-refractivity contribution >= 4 is 17.1 Å². The molecule has 0 aromatic heterocycles. The summed E-state index contributed by atoms with van der Waals surface area (Å²) in [4.78, 5) is 30.1. The highest BCUT2D eigenvalue weighted by Gasteiger charge is 2.30. The summed E-state index contributed by atoms with van der Waals surface area (Å²) in [5.74, 6) is -1.21. The first-order chi connectivity index (χ1) is 13.0. The summed E-state index contributed by atoms with van der Waals surface area (Å²) in [7, 11) is 2.13. The third kappa shape index (κ3) is 6.70. The summed E-state index contributed by atoms with van der Waals surface area (Å²) in [6.07, 6.45) is 6.60. The molecule has 12 nitrogen and oxygen atoms in total. The number of aromatic hydroxyl groups is 1. The van der Waals surface area contributed by atoms with Crippen LogP contribution in [-0.4, -0.2) is 55.6 Å². The van der Waals surface area contributed by atoms with Crippen molar-refractivity contribution in [2.75, 3.05) is 13.6 Å². The lowest BCUT2D eigenvalue weighted by atomic mass is 9.94. The molecule has 1 aliphatic rings. The first kappa shape index (κ1) is 23.2. The topological polar surface area (TPSA) is 173 Å². The predicted molar refractivity (Wildman–Crippen MR) is 99.3 cm³/mol. The zero-order chi connectivity index (χ0) is 21.4. The molecule has 0 saturated heterocycles. The minimum atomic E-state index is -1.21. The second kappa shape index (κ2) is 10.5. The van der Waals surface area contributed by atoms with Crippen molar-refractivity contribution in [3.63, 3.8) is 0 Å². The number of hydrogen-bond acceptors (Lipinski definition) is 9. The summed E-state index contributed by atoms with van der Waals surface area (Å²) in [6, 6.07) is 1.62. The number of rotatable bonds is 6. The lowest BCUT2D eigenvalue weighted by molar-refractivity contribution is -0.404. The molecule has 156 valence electrons. The number of nitro benzene ring substituents is 3. The van der Waals surface area contributed by atoms with Crippen molar-refractivity contribution in [1.82, 2.24) is 4.90 Å².